The number of methoxy groups -OCH3 is 1. The Morgan fingerprint density at radius 2 is 2.22 bits per heavy atom. The van der Waals surface area contributed by atoms with Gasteiger partial charge in [0.1, 0.15) is 5.84 Å². The van der Waals surface area contributed by atoms with Crippen LogP contribution in [0, 0.1) is 0 Å². The highest BCUT2D eigenvalue weighted by molar-refractivity contribution is 6.06. The number of hydrogen-bond donors (Lipinski definition) is 2. The van der Waals surface area contributed by atoms with Gasteiger partial charge in [-0.25, -0.2) is 0 Å². The van der Waals surface area contributed by atoms with Crippen LogP contribution in [0.1, 0.15) is 20.3 Å². The molecule has 1 aliphatic heterocycles. The summed E-state index contributed by atoms with van der Waals surface area (Å²) >= 11 is 0. The van der Waals surface area contributed by atoms with Crippen molar-refractivity contribution in [2.75, 3.05) is 20.2 Å². The van der Waals surface area contributed by atoms with E-state index >= 15 is 0 Å². The summed E-state index contributed by atoms with van der Waals surface area (Å²) in [5.74, 6) is 0.195. The molecule has 0 aliphatic carbocycles. The maximum absolute atomic E-state index is 11.7. The average Bonchev–Trinajstić information content (AvgIpc) is 2.76. The van der Waals surface area contributed by atoms with Crippen molar-refractivity contribution in [3.63, 3.8) is 0 Å². The maximum Gasteiger partial charge on any atom is 0.307 e. The smallest absolute Gasteiger partial charge is 0.307 e. The van der Waals surface area contributed by atoms with Crippen LogP contribution in [0.15, 0.2) is 16.6 Å². The van der Waals surface area contributed by atoms with E-state index in [9.17, 15) is 9.59 Å². The van der Waals surface area contributed by atoms with Gasteiger partial charge in [-0.05, 0) is 19.9 Å². The summed E-state index contributed by atoms with van der Waals surface area (Å²) in [6, 6.07) is 0.279. The van der Waals surface area contributed by atoms with Crippen molar-refractivity contribution in [1.29, 1.82) is 0 Å². The molecule has 0 aromatic rings. The van der Waals surface area contributed by atoms with Gasteiger partial charge < -0.3 is 15.4 Å². The van der Waals surface area contributed by atoms with Gasteiger partial charge in [-0.2, -0.15) is 0 Å². The molecule has 0 atom stereocenters. The molecule has 6 heteroatoms. The van der Waals surface area contributed by atoms with Gasteiger partial charge in [0.05, 0.1) is 20.1 Å². The number of carbonyl (C=O) groups excluding carboxylic acids is 2. The Hall–Kier alpha value is -1.85. The summed E-state index contributed by atoms with van der Waals surface area (Å²) in [6.45, 7) is 4.66. The molecule has 1 heterocycles. The fourth-order valence-electron chi connectivity index (χ4n) is 1.44. The molecule has 1 aliphatic rings. The highest BCUT2D eigenvalue weighted by Crippen LogP contribution is 2.04. The lowest BCUT2D eigenvalue weighted by Gasteiger charge is -2.06. The lowest BCUT2D eigenvalue weighted by atomic mass is 10.2. The first-order chi connectivity index (χ1) is 8.52. The highest BCUT2D eigenvalue weighted by atomic mass is 16.5. The zero-order valence-electron chi connectivity index (χ0n) is 10.9. The zero-order valence-corrected chi connectivity index (χ0v) is 10.9. The van der Waals surface area contributed by atoms with E-state index in [0.717, 1.165) is 5.84 Å². The molecular weight excluding hydrogens is 234 g/mol. The molecule has 0 bridgehead atoms. The third-order valence-corrected chi connectivity index (χ3v) is 2.30. The third-order valence-electron chi connectivity index (χ3n) is 2.30. The molecule has 0 fully saturated rings. The predicted octanol–water partition coefficient (Wildman–Crippen LogP) is 0.00220. The number of esters is 1. The normalized spacial score (nSPS) is 14.0. The summed E-state index contributed by atoms with van der Waals surface area (Å²) in [4.78, 5) is 26.8. The van der Waals surface area contributed by atoms with Crippen LogP contribution >= 0.6 is 0 Å². The van der Waals surface area contributed by atoms with Crippen LogP contribution in [-0.4, -0.2) is 44.0 Å². The zero-order chi connectivity index (χ0) is 13.5. The molecule has 0 aromatic heterocycles. The Morgan fingerprint density at radius 3 is 2.83 bits per heavy atom. The predicted molar refractivity (Wildman–Crippen MR) is 68.3 cm³/mol. The van der Waals surface area contributed by atoms with Crippen LogP contribution in [0.25, 0.3) is 0 Å². The molecule has 0 radical (unpaired) electrons. The number of nitrogens with one attached hydrogen (secondary N) is 2. The van der Waals surface area contributed by atoms with Crippen LogP contribution in [0.4, 0.5) is 0 Å². The average molecular weight is 253 g/mol. The Balaban J connectivity index is 2.34. The van der Waals surface area contributed by atoms with Crippen molar-refractivity contribution >= 4 is 17.7 Å². The Kier molecular flexibility index (Phi) is 5.35. The molecule has 6 nitrogen and oxygen atoms in total. The summed E-state index contributed by atoms with van der Waals surface area (Å²) in [7, 11) is 1.32. The monoisotopic (exact) mass is 253 g/mol. The maximum atomic E-state index is 11.7. The van der Waals surface area contributed by atoms with E-state index in [4.69, 9.17) is 0 Å². The molecule has 0 spiro atoms. The molecule has 0 saturated heterocycles. The molecule has 1 amide bonds. The van der Waals surface area contributed by atoms with E-state index in [0.29, 0.717) is 12.1 Å². The SMILES string of the molecule is COC(=O)CCNC(=O)C1=CC(NC(C)C)=NC1. The molecule has 0 aromatic carbocycles. The van der Waals surface area contributed by atoms with Crippen LogP contribution in [0.5, 0.6) is 0 Å². The number of amides is 1. The second-order valence-electron chi connectivity index (χ2n) is 4.25. The number of ether oxygens (including phenoxy) is 1. The number of amidine groups is 1. The van der Waals surface area contributed by atoms with E-state index < -0.39 is 0 Å². The van der Waals surface area contributed by atoms with Gasteiger partial charge in [-0.15, -0.1) is 0 Å². The first-order valence-electron chi connectivity index (χ1n) is 5.89. The van der Waals surface area contributed by atoms with Gasteiger partial charge in [0, 0.05) is 18.2 Å². The number of aliphatic imine (C=N–C) groups is 1. The minimum absolute atomic E-state index is 0.174. The number of carbonyl (C=O) groups is 2. The first kappa shape index (κ1) is 14.2. The van der Waals surface area contributed by atoms with Gasteiger partial charge in [0.2, 0.25) is 5.91 Å². The largest absolute Gasteiger partial charge is 0.469 e. The molecular formula is C12H19N3O3. The second-order valence-corrected chi connectivity index (χ2v) is 4.25. The molecule has 2 N–H and O–H groups in total. The highest BCUT2D eigenvalue weighted by Gasteiger charge is 2.15. The Labute approximate surface area is 106 Å². The standard InChI is InChI=1S/C12H19N3O3/c1-8(2)15-10-6-9(7-14-10)12(17)13-5-4-11(16)18-3/h6,8H,4-5,7H2,1-3H3,(H,13,17)(H,14,15). The van der Waals surface area contributed by atoms with E-state index in [1.807, 2.05) is 13.8 Å². The van der Waals surface area contributed by atoms with Gasteiger partial charge >= 0.3 is 5.97 Å². The first-order valence-corrected chi connectivity index (χ1v) is 5.89. The topological polar surface area (TPSA) is 79.8 Å². The molecule has 1 rings (SSSR count). The summed E-state index contributed by atoms with van der Waals surface area (Å²) in [5.41, 5.74) is 0.600. The fourth-order valence-corrected chi connectivity index (χ4v) is 1.44. The third kappa shape index (κ3) is 4.57. The minimum Gasteiger partial charge on any atom is -0.469 e. The quantitative estimate of drug-likeness (QED) is 0.676. The number of rotatable bonds is 5. The van der Waals surface area contributed by atoms with Crippen molar-refractivity contribution in [1.82, 2.24) is 10.6 Å². The van der Waals surface area contributed by atoms with E-state index in [2.05, 4.69) is 20.4 Å². The molecule has 0 saturated carbocycles. The number of hydrogen-bond acceptors (Lipinski definition) is 5. The number of nitrogens with zero attached hydrogens (tertiary/aromatic N) is 1. The van der Waals surface area contributed by atoms with Gasteiger partial charge in [-0.1, -0.05) is 0 Å². The lowest BCUT2D eigenvalue weighted by molar-refractivity contribution is -0.140. The Morgan fingerprint density at radius 1 is 1.50 bits per heavy atom. The van der Waals surface area contributed by atoms with E-state index in [1.165, 1.54) is 7.11 Å². The van der Waals surface area contributed by atoms with Crippen molar-refractivity contribution in [2.24, 2.45) is 4.99 Å². The van der Waals surface area contributed by atoms with E-state index in [1.54, 1.807) is 6.08 Å². The van der Waals surface area contributed by atoms with Crippen LogP contribution in [-0.2, 0) is 14.3 Å². The molecule has 100 valence electrons. The van der Waals surface area contributed by atoms with Gasteiger partial charge in [0.25, 0.3) is 0 Å². The van der Waals surface area contributed by atoms with Crippen molar-refractivity contribution in [3.8, 4) is 0 Å². The van der Waals surface area contributed by atoms with Gasteiger partial charge in [-0.3, -0.25) is 14.6 Å². The summed E-state index contributed by atoms with van der Waals surface area (Å²) in [5, 5.41) is 5.78. The molecule has 0 unspecified atom stereocenters. The minimum atomic E-state index is -0.339. The van der Waals surface area contributed by atoms with Crippen LogP contribution < -0.4 is 10.6 Å². The summed E-state index contributed by atoms with van der Waals surface area (Å²) < 4.78 is 4.48. The fraction of sp³-hybridized carbons (Fsp3) is 0.583. The lowest BCUT2D eigenvalue weighted by Crippen LogP contribution is -2.29. The van der Waals surface area contributed by atoms with Crippen molar-refractivity contribution in [3.05, 3.63) is 11.6 Å². The summed E-state index contributed by atoms with van der Waals surface area (Å²) in [6.07, 6.45) is 1.90. The second kappa shape index (κ2) is 6.78. The van der Waals surface area contributed by atoms with Crippen molar-refractivity contribution in [2.45, 2.75) is 26.3 Å². The van der Waals surface area contributed by atoms with E-state index in [-0.39, 0.29) is 30.9 Å². The van der Waals surface area contributed by atoms with Crippen LogP contribution in [0.2, 0.25) is 0 Å². The Bertz CT molecular complexity index is 386. The van der Waals surface area contributed by atoms with Gasteiger partial charge in [0.15, 0.2) is 0 Å². The van der Waals surface area contributed by atoms with Crippen molar-refractivity contribution < 1.29 is 14.3 Å². The van der Waals surface area contributed by atoms with Crippen LogP contribution in [0.3, 0.4) is 0 Å². The molecule has 18 heavy (non-hydrogen) atoms.